The van der Waals surface area contributed by atoms with Crippen LogP contribution in [0.3, 0.4) is 0 Å². The van der Waals surface area contributed by atoms with Gasteiger partial charge in [0.15, 0.2) is 0 Å². The van der Waals surface area contributed by atoms with E-state index >= 15 is 0 Å². The third kappa shape index (κ3) is 2.53. The minimum Gasteiger partial charge on any atom is -0.334 e. The van der Waals surface area contributed by atoms with Crippen molar-refractivity contribution in [3.63, 3.8) is 0 Å². The summed E-state index contributed by atoms with van der Waals surface area (Å²) in [4.78, 5) is 39.9. The summed E-state index contributed by atoms with van der Waals surface area (Å²) in [5.74, 6) is -0.358. The molecule has 0 radical (unpaired) electrons. The number of rotatable bonds is 2. The van der Waals surface area contributed by atoms with E-state index in [9.17, 15) is 14.4 Å². The Balaban J connectivity index is 2.38. The first-order valence-electron chi connectivity index (χ1n) is 6.78. The molecular formula is C13H20N4O3. The quantitative estimate of drug-likeness (QED) is 0.756. The normalized spacial score (nSPS) is 20.8. The second-order valence-electron chi connectivity index (χ2n) is 5.29. The molecule has 1 aromatic rings. The maximum Gasteiger partial charge on any atom is 0.328 e. The zero-order chi connectivity index (χ0) is 14.9. The van der Waals surface area contributed by atoms with E-state index in [0.717, 1.165) is 23.8 Å². The number of H-pyrrole nitrogens is 1. The van der Waals surface area contributed by atoms with Crippen molar-refractivity contribution in [2.24, 2.45) is 12.8 Å². The Hall–Kier alpha value is -1.89. The number of aromatic amines is 1. The molecule has 1 saturated heterocycles. The van der Waals surface area contributed by atoms with Crippen LogP contribution >= 0.6 is 0 Å². The molecule has 7 nitrogen and oxygen atoms in total. The number of aromatic nitrogens is 2. The second-order valence-corrected chi connectivity index (χ2v) is 5.29. The van der Waals surface area contributed by atoms with Gasteiger partial charge in [-0.1, -0.05) is 0 Å². The van der Waals surface area contributed by atoms with Gasteiger partial charge in [0.05, 0.1) is 0 Å². The number of amides is 1. The number of piperidine rings is 1. The summed E-state index contributed by atoms with van der Waals surface area (Å²) >= 11 is 0. The maximum absolute atomic E-state index is 12.5. The first-order valence-corrected chi connectivity index (χ1v) is 6.78. The maximum atomic E-state index is 12.5. The number of likely N-dealkylation sites (tertiary alicyclic amines) is 1. The summed E-state index contributed by atoms with van der Waals surface area (Å²) < 4.78 is 0.901. The molecular weight excluding hydrogens is 260 g/mol. The van der Waals surface area contributed by atoms with Crippen LogP contribution in [0.2, 0.25) is 0 Å². The number of hydrogen-bond acceptors (Lipinski definition) is 4. The topological polar surface area (TPSA) is 101 Å². The van der Waals surface area contributed by atoms with Crippen molar-refractivity contribution < 1.29 is 4.79 Å². The van der Waals surface area contributed by atoms with E-state index in [2.05, 4.69) is 4.98 Å². The minimum absolute atomic E-state index is 0.0142. The fraction of sp³-hybridized carbons (Fsp3) is 0.615. The molecule has 0 aromatic carbocycles. The summed E-state index contributed by atoms with van der Waals surface area (Å²) in [5, 5.41) is 0. The monoisotopic (exact) mass is 280 g/mol. The molecule has 1 aromatic heterocycles. The molecule has 2 rings (SSSR count). The SMILES string of the molecule is C[C@@H](N)[C@@H]1CCCCN1C(=O)c1c[nH]c(=O)n(C)c1=O. The van der Waals surface area contributed by atoms with E-state index in [-0.39, 0.29) is 23.6 Å². The highest BCUT2D eigenvalue weighted by Gasteiger charge is 2.31. The molecule has 3 N–H and O–H groups in total. The molecule has 2 atom stereocenters. The highest BCUT2D eigenvalue weighted by atomic mass is 16.2. The van der Waals surface area contributed by atoms with E-state index in [1.807, 2.05) is 6.92 Å². The lowest BCUT2D eigenvalue weighted by Crippen LogP contribution is -2.53. The van der Waals surface area contributed by atoms with Gasteiger partial charge < -0.3 is 15.6 Å². The van der Waals surface area contributed by atoms with Crippen molar-refractivity contribution in [1.29, 1.82) is 0 Å². The first-order chi connectivity index (χ1) is 9.43. The van der Waals surface area contributed by atoms with Crippen LogP contribution in [-0.2, 0) is 7.05 Å². The van der Waals surface area contributed by atoms with Crippen molar-refractivity contribution in [2.75, 3.05) is 6.54 Å². The van der Waals surface area contributed by atoms with Crippen LogP contribution in [0.1, 0.15) is 36.5 Å². The van der Waals surface area contributed by atoms with Gasteiger partial charge in [-0.05, 0) is 26.2 Å². The van der Waals surface area contributed by atoms with Crippen molar-refractivity contribution in [1.82, 2.24) is 14.5 Å². The first kappa shape index (κ1) is 14.5. The van der Waals surface area contributed by atoms with Crippen molar-refractivity contribution in [2.45, 2.75) is 38.3 Å². The van der Waals surface area contributed by atoms with E-state index in [1.54, 1.807) is 4.90 Å². The van der Waals surface area contributed by atoms with Crippen LogP contribution in [-0.4, -0.2) is 39.0 Å². The second kappa shape index (κ2) is 5.62. The van der Waals surface area contributed by atoms with Gasteiger partial charge in [-0.2, -0.15) is 0 Å². The van der Waals surface area contributed by atoms with Crippen LogP contribution in [0.25, 0.3) is 0 Å². The zero-order valence-corrected chi connectivity index (χ0v) is 11.8. The smallest absolute Gasteiger partial charge is 0.328 e. The van der Waals surface area contributed by atoms with Crippen molar-refractivity contribution in [3.05, 3.63) is 32.6 Å². The Morgan fingerprint density at radius 3 is 2.80 bits per heavy atom. The van der Waals surface area contributed by atoms with Gasteiger partial charge in [0, 0.05) is 31.9 Å². The predicted molar refractivity (Wildman–Crippen MR) is 74.6 cm³/mol. The van der Waals surface area contributed by atoms with Crippen LogP contribution in [0.5, 0.6) is 0 Å². The molecule has 7 heteroatoms. The van der Waals surface area contributed by atoms with E-state index in [0.29, 0.717) is 6.54 Å². The Kier molecular flexibility index (Phi) is 4.08. The molecule has 0 bridgehead atoms. The number of carbonyl (C=O) groups is 1. The van der Waals surface area contributed by atoms with Gasteiger partial charge >= 0.3 is 5.69 Å². The number of carbonyl (C=O) groups excluding carboxylic acids is 1. The highest BCUT2D eigenvalue weighted by molar-refractivity contribution is 5.93. The van der Waals surface area contributed by atoms with Crippen LogP contribution in [0.15, 0.2) is 15.8 Å². The molecule has 0 aliphatic carbocycles. The molecule has 1 fully saturated rings. The Labute approximate surface area is 116 Å². The van der Waals surface area contributed by atoms with E-state index in [4.69, 9.17) is 5.73 Å². The Morgan fingerprint density at radius 2 is 2.15 bits per heavy atom. The Bertz CT molecular complexity index is 617. The molecule has 2 heterocycles. The fourth-order valence-electron chi connectivity index (χ4n) is 2.63. The van der Waals surface area contributed by atoms with E-state index in [1.165, 1.54) is 13.2 Å². The average Bonchev–Trinajstić information content (AvgIpc) is 2.44. The minimum atomic E-state index is -0.576. The lowest BCUT2D eigenvalue weighted by Gasteiger charge is -2.37. The summed E-state index contributed by atoms with van der Waals surface area (Å²) in [6, 6.07) is -0.209. The average molecular weight is 280 g/mol. The summed E-state index contributed by atoms with van der Waals surface area (Å²) in [5.41, 5.74) is 4.81. The number of hydrogen-bond donors (Lipinski definition) is 2. The zero-order valence-electron chi connectivity index (χ0n) is 11.8. The molecule has 20 heavy (non-hydrogen) atoms. The third-order valence-electron chi connectivity index (χ3n) is 3.83. The standard InChI is InChI=1S/C13H20N4O3/c1-8(14)10-5-3-4-6-17(10)12(19)9-7-15-13(20)16(2)11(9)18/h7-8,10H,3-6,14H2,1-2H3,(H,15,20)/t8-,10+/m1/s1. The summed E-state index contributed by atoms with van der Waals surface area (Å²) in [7, 11) is 1.34. The lowest BCUT2D eigenvalue weighted by atomic mass is 9.96. The predicted octanol–water partition coefficient (Wildman–Crippen LogP) is -0.584. The molecule has 0 saturated carbocycles. The fourth-order valence-corrected chi connectivity index (χ4v) is 2.63. The van der Waals surface area contributed by atoms with Crippen LogP contribution in [0, 0.1) is 0 Å². The molecule has 1 aliphatic heterocycles. The van der Waals surface area contributed by atoms with Crippen LogP contribution in [0.4, 0.5) is 0 Å². The molecule has 110 valence electrons. The van der Waals surface area contributed by atoms with Gasteiger partial charge in [0.2, 0.25) is 0 Å². The summed E-state index contributed by atoms with van der Waals surface area (Å²) in [6.07, 6.45) is 3.96. The van der Waals surface area contributed by atoms with Crippen LogP contribution < -0.4 is 17.0 Å². The number of nitrogens with two attached hydrogens (primary N) is 1. The van der Waals surface area contributed by atoms with E-state index < -0.39 is 11.2 Å². The van der Waals surface area contributed by atoms with Gasteiger partial charge in [-0.3, -0.25) is 14.2 Å². The Morgan fingerprint density at radius 1 is 1.45 bits per heavy atom. The largest absolute Gasteiger partial charge is 0.334 e. The number of nitrogens with zero attached hydrogens (tertiary/aromatic N) is 2. The van der Waals surface area contributed by atoms with Gasteiger partial charge in [0.25, 0.3) is 11.5 Å². The molecule has 1 amide bonds. The van der Waals surface area contributed by atoms with Gasteiger partial charge in [-0.15, -0.1) is 0 Å². The van der Waals surface area contributed by atoms with Crippen molar-refractivity contribution >= 4 is 5.91 Å². The third-order valence-corrected chi connectivity index (χ3v) is 3.83. The van der Waals surface area contributed by atoms with Gasteiger partial charge in [-0.25, -0.2) is 4.79 Å². The molecule has 0 unspecified atom stereocenters. The van der Waals surface area contributed by atoms with Crippen molar-refractivity contribution in [3.8, 4) is 0 Å². The number of nitrogens with one attached hydrogen (secondary N) is 1. The highest BCUT2D eigenvalue weighted by Crippen LogP contribution is 2.20. The lowest BCUT2D eigenvalue weighted by molar-refractivity contribution is 0.0580. The summed E-state index contributed by atoms with van der Waals surface area (Å²) in [6.45, 7) is 2.45. The molecule has 1 aliphatic rings. The van der Waals surface area contributed by atoms with Gasteiger partial charge in [0.1, 0.15) is 5.56 Å². The molecule has 0 spiro atoms.